The minimum absolute atomic E-state index is 0.0240. The molecule has 0 N–H and O–H groups in total. The summed E-state index contributed by atoms with van der Waals surface area (Å²) in [5.74, 6) is 1.76. The van der Waals surface area contributed by atoms with Gasteiger partial charge in [0.2, 0.25) is 5.91 Å². The second-order valence-electron chi connectivity index (χ2n) is 9.12. The minimum Gasteiger partial charge on any atom is -0.336 e. The highest BCUT2D eigenvalue weighted by molar-refractivity contribution is 5.79. The number of amides is 1. The monoisotopic (exact) mass is 383 g/mol. The van der Waals surface area contributed by atoms with Crippen LogP contribution >= 0.6 is 0 Å². The van der Waals surface area contributed by atoms with E-state index in [1.165, 1.54) is 48.4 Å². The van der Waals surface area contributed by atoms with Gasteiger partial charge in [0.1, 0.15) is 12.4 Å². The van der Waals surface area contributed by atoms with Crippen LogP contribution in [0.5, 0.6) is 0 Å². The van der Waals surface area contributed by atoms with E-state index in [2.05, 4.69) is 4.98 Å². The number of aromatic nitrogens is 2. The molecule has 4 aliphatic rings. The van der Waals surface area contributed by atoms with Crippen molar-refractivity contribution in [2.24, 2.45) is 17.8 Å². The van der Waals surface area contributed by atoms with E-state index in [-0.39, 0.29) is 28.9 Å². The summed E-state index contributed by atoms with van der Waals surface area (Å²) in [5, 5.41) is 0.216. The van der Waals surface area contributed by atoms with Gasteiger partial charge < -0.3 is 4.90 Å². The number of likely N-dealkylation sites (N-methyl/N-ethyl adjacent to an activating group) is 1. The van der Waals surface area contributed by atoms with Gasteiger partial charge in [0.15, 0.2) is 0 Å². The molecule has 5 nitrogen and oxygen atoms in total. The van der Waals surface area contributed by atoms with Gasteiger partial charge in [-0.15, -0.1) is 0 Å². The molecular weight excluding hydrogens is 357 g/mol. The Morgan fingerprint density at radius 3 is 2.46 bits per heavy atom. The molecule has 0 aliphatic heterocycles. The van der Waals surface area contributed by atoms with E-state index in [0.29, 0.717) is 12.1 Å². The molecular formula is C22H26FN3O2. The molecule has 0 radical (unpaired) electrons. The number of carbonyl (C=O) groups excluding carboxylic acids is 1. The summed E-state index contributed by atoms with van der Waals surface area (Å²) in [4.78, 5) is 32.3. The second-order valence-corrected chi connectivity index (χ2v) is 9.12. The highest BCUT2D eigenvalue weighted by Crippen LogP contribution is 2.57. The Bertz CT molecular complexity index is 964. The molecule has 1 aromatic carbocycles. The number of hydrogen-bond donors (Lipinski definition) is 0. The summed E-state index contributed by atoms with van der Waals surface area (Å²) >= 11 is 0. The van der Waals surface area contributed by atoms with Gasteiger partial charge in [-0.25, -0.2) is 9.37 Å². The van der Waals surface area contributed by atoms with E-state index in [9.17, 15) is 14.0 Å². The molecule has 4 saturated carbocycles. The number of benzene rings is 1. The average Bonchev–Trinajstić information content (AvgIpc) is 2.63. The molecule has 1 aromatic heterocycles. The fraction of sp³-hybridized carbons (Fsp3) is 0.591. The molecule has 4 aliphatic carbocycles. The normalized spacial score (nSPS) is 30.7. The predicted molar refractivity (Wildman–Crippen MR) is 104 cm³/mol. The van der Waals surface area contributed by atoms with Crippen LogP contribution in [-0.4, -0.2) is 32.4 Å². The standard InChI is InChI=1S/C22H26FN3O2/c1-2-26(22-9-14-5-15(10-22)7-16(6-14)11-22)20(27)12-25-13-24-19-4-3-17(23)8-18(19)21(25)28/h3-4,8,13-16H,2,5-7,9-12H2,1H3. The van der Waals surface area contributed by atoms with E-state index in [4.69, 9.17) is 0 Å². The maximum Gasteiger partial charge on any atom is 0.261 e. The van der Waals surface area contributed by atoms with Crippen molar-refractivity contribution in [2.45, 2.75) is 57.5 Å². The molecule has 0 unspecified atom stereocenters. The number of rotatable bonds is 4. The molecule has 0 saturated heterocycles. The highest BCUT2D eigenvalue weighted by atomic mass is 19.1. The van der Waals surface area contributed by atoms with Crippen molar-refractivity contribution in [1.82, 2.24) is 14.5 Å². The Labute approximate surface area is 163 Å². The first-order valence-electron chi connectivity index (χ1n) is 10.4. The number of halogens is 1. The lowest BCUT2D eigenvalue weighted by Gasteiger charge is -2.60. The van der Waals surface area contributed by atoms with E-state index in [0.717, 1.165) is 37.0 Å². The van der Waals surface area contributed by atoms with Crippen molar-refractivity contribution in [3.63, 3.8) is 0 Å². The van der Waals surface area contributed by atoms with Crippen LogP contribution in [0.1, 0.15) is 45.4 Å². The van der Waals surface area contributed by atoms with Gasteiger partial charge in [0.05, 0.1) is 17.2 Å². The first kappa shape index (κ1) is 17.8. The lowest BCUT2D eigenvalue weighted by molar-refractivity contribution is -0.151. The van der Waals surface area contributed by atoms with Gasteiger partial charge in [-0.05, 0) is 81.4 Å². The summed E-state index contributed by atoms with van der Waals surface area (Å²) in [6.45, 7) is 2.66. The van der Waals surface area contributed by atoms with E-state index < -0.39 is 5.82 Å². The maximum absolute atomic E-state index is 13.6. The molecule has 28 heavy (non-hydrogen) atoms. The Morgan fingerprint density at radius 2 is 1.86 bits per heavy atom. The first-order valence-corrected chi connectivity index (χ1v) is 10.4. The van der Waals surface area contributed by atoms with Crippen LogP contribution in [0.3, 0.4) is 0 Å². The third kappa shape index (κ3) is 2.76. The molecule has 6 heteroatoms. The quantitative estimate of drug-likeness (QED) is 0.814. The average molecular weight is 383 g/mol. The molecule has 148 valence electrons. The van der Waals surface area contributed by atoms with Gasteiger partial charge >= 0.3 is 0 Å². The minimum atomic E-state index is -0.473. The van der Waals surface area contributed by atoms with Crippen LogP contribution in [0, 0.1) is 23.6 Å². The highest BCUT2D eigenvalue weighted by Gasteiger charge is 2.54. The molecule has 1 heterocycles. The first-order chi connectivity index (χ1) is 13.5. The summed E-state index contributed by atoms with van der Waals surface area (Å²) in [5.41, 5.74) is 0.0589. The Kier molecular flexibility index (Phi) is 4.07. The predicted octanol–water partition coefficient (Wildman–Crippen LogP) is 3.35. The molecule has 2 aromatic rings. The van der Waals surface area contributed by atoms with Gasteiger partial charge in [-0.3, -0.25) is 14.2 Å². The Balaban J connectivity index is 1.44. The van der Waals surface area contributed by atoms with Crippen LogP contribution in [0.2, 0.25) is 0 Å². The zero-order valence-electron chi connectivity index (χ0n) is 16.2. The molecule has 4 fully saturated rings. The van der Waals surface area contributed by atoms with Crippen LogP contribution in [0.25, 0.3) is 10.9 Å². The smallest absolute Gasteiger partial charge is 0.261 e. The number of fused-ring (bicyclic) bond motifs is 1. The van der Waals surface area contributed by atoms with E-state index in [1.54, 1.807) is 0 Å². The fourth-order valence-electron chi connectivity index (χ4n) is 6.65. The topological polar surface area (TPSA) is 55.2 Å². The Hall–Kier alpha value is -2.24. The third-order valence-corrected chi connectivity index (χ3v) is 7.29. The van der Waals surface area contributed by atoms with E-state index in [1.807, 2.05) is 11.8 Å². The van der Waals surface area contributed by atoms with Gasteiger partial charge in [0.25, 0.3) is 5.56 Å². The van der Waals surface area contributed by atoms with Crippen molar-refractivity contribution < 1.29 is 9.18 Å². The second kappa shape index (κ2) is 6.39. The number of carbonyl (C=O) groups is 1. The number of nitrogens with zero attached hydrogens (tertiary/aromatic N) is 3. The SMILES string of the molecule is CCN(C(=O)Cn1cnc2ccc(F)cc2c1=O)C12CC3CC(CC(C3)C1)C2. The van der Waals surface area contributed by atoms with Crippen molar-refractivity contribution in [3.8, 4) is 0 Å². The zero-order chi connectivity index (χ0) is 19.5. The van der Waals surface area contributed by atoms with Crippen molar-refractivity contribution in [2.75, 3.05) is 6.54 Å². The summed E-state index contributed by atoms with van der Waals surface area (Å²) in [7, 11) is 0. The van der Waals surface area contributed by atoms with Crippen LogP contribution < -0.4 is 5.56 Å². The van der Waals surface area contributed by atoms with Gasteiger partial charge in [-0.2, -0.15) is 0 Å². The largest absolute Gasteiger partial charge is 0.336 e. The lowest BCUT2D eigenvalue weighted by atomic mass is 9.52. The molecule has 0 atom stereocenters. The van der Waals surface area contributed by atoms with E-state index >= 15 is 0 Å². The van der Waals surface area contributed by atoms with Crippen LogP contribution in [0.4, 0.5) is 4.39 Å². The van der Waals surface area contributed by atoms with Crippen molar-refractivity contribution >= 4 is 16.8 Å². The van der Waals surface area contributed by atoms with Crippen LogP contribution in [-0.2, 0) is 11.3 Å². The maximum atomic E-state index is 13.6. The Morgan fingerprint density at radius 1 is 1.21 bits per heavy atom. The van der Waals surface area contributed by atoms with Gasteiger partial charge in [-0.1, -0.05) is 0 Å². The van der Waals surface area contributed by atoms with Crippen LogP contribution in [0.15, 0.2) is 29.3 Å². The molecule has 0 spiro atoms. The zero-order valence-corrected chi connectivity index (χ0v) is 16.2. The summed E-state index contributed by atoms with van der Waals surface area (Å²) in [6, 6.07) is 3.98. The summed E-state index contributed by atoms with van der Waals surface area (Å²) in [6.07, 6.45) is 8.70. The molecule has 4 bridgehead atoms. The lowest BCUT2D eigenvalue weighted by Crippen LogP contribution is -2.62. The van der Waals surface area contributed by atoms with Gasteiger partial charge in [0, 0.05) is 12.1 Å². The van der Waals surface area contributed by atoms with Crippen molar-refractivity contribution in [1.29, 1.82) is 0 Å². The molecule has 1 amide bonds. The fourth-order valence-corrected chi connectivity index (χ4v) is 6.65. The summed E-state index contributed by atoms with van der Waals surface area (Å²) < 4.78 is 14.9. The van der Waals surface area contributed by atoms with Crippen molar-refractivity contribution in [3.05, 3.63) is 40.7 Å². The number of hydrogen-bond acceptors (Lipinski definition) is 3. The molecule has 6 rings (SSSR count). The third-order valence-electron chi connectivity index (χ3n) is 7.29.